The Kier molecular flexibility index (Phi) is 7.48. The second-order valence-electron chi connectivity index (χ2n) is 7.54. The summed E-state index contributed by atoms with van der Waals surface area (Å²) in [6.45, 7) is 10.3. The molecule has 0 aromatic heterocycles. The SMILES string of the molecule is CCCNC1CCC(C)CC1CN(C)CC1CCCOC1. The molecule has 1 aliphatic carbocycles. The summed E-state index contributed by atoms with van der Waals surface area (Å²) in [5.74, 6) is 2.49. The number of hydrogen-bond acceptors (Lipinski definition) is 3. The molecule has 1 saturated heterocycles. The minimum absolute atomic E-state index is 0.742. The van der Waals surface area contributed by atoms with Crippen LogP contribution in [0.3, 0.4) is 0 Å². The molecular formula is C18H36N2O. The zero-order chi connectivity index (χ0) is 15.1. The van der Waals surface area contributed by atoms with Gasteiger partial charge in [0, 0.05) is 25.7 Å². The lowest BCUT2D eigenvalue weighted by atomic mass is 9.78. The van der Waals surface area contributed by atoms with Crippen molar-refractivity contribution in [3.63, 3.8) is 0 Å². The molecule has 2 rings (SSSR count). The van der Waals surface area contributed by atoms with Crippen LogP contribution in [0.25, 0.3) is 0 Å². The molecule has 3 heteroatoms. The van der Waals surface area contributed by atoms with Crippen molar-refractivity contribution in [1.82, 2.24) is 10.2 Å². The highest BCUT2D eigenvalue weighted by atomic mass is 16.5. The standard InChI is InChI=1S/C18H36N2O/c1-4-9-19-18-8-7-15(2)11-17(18)13-20(3)12-16-6-5-10-21-14-16/h15-19H,4-14H2,1-3H3. The highest BCUT2D eigenvalue weighted by Gasteiger charge is 2.29. The molecule has 0 bridgehead atoms. The molecule has 0 radical (unpaired) electrons. The summed E-state index contributed by atoms with van der Waals surface area (Å²) >= 11 is 0. The van der Waals surface area contributed by atoms with E-state index in [9.17, 15) is 0 Å². The van der Waals surface area contributed by atoms with Gasteiger partial charge in [-0.2, -0.15) is 0 Å². The van der Waals surface area contributed by atoms with Crippen LogP contribution in [0.1, 0.15) is 52.4 Å². The molecule has 2 aliphatic rings. The van der Waals surface area contributed by atoms with Crippen LogP contribution in [-0.2, 0) is 4.74 Å². The van der Waals surface area contributed by atoms with Crippen LogP contribution in [0.5, 0.6) is 0 Å². The Morgan fingerprint density at radius 3 is 2.76 bits per heavy atom. The third-order valence-corrected chi connectivity index (χ3v) is 5.27. The van der Waals surface area contributed by atoms with Gasteiger partial charge in [-0.05, 0) is 69.9 Å². The van der Waals surface area contributed by atoms with E-state index in [1.807, 2.05) is 0 Å². The van der Waals surface area contributed by atoms with Gasteiger partial charge in [-0.25, -0.2) is 0 Å². The highest BCUT2D eigenvalue weighted by molar-refractivity contribution is 4.85. The first-order chi connectivity index (χ1) is 10.2. The second kappa shape index (κ2) is 9.12. The molecule has 21 heavy (non-hydrogen) atoms. The fraction of sp³-hybridized carbons (Fsp3) is 1.00. The van der Waals surface area contributed by atoms with Gasteiger partial charge in [-0.1, -0.05) is 13.8 Å². The van der Waals surface area contributed by atoms with Crippen molar-refractivity contribution in [2.45, 2.75) is 58.4 Å². The number of nitrogens with one attached hydrogen (secondary N) is 1. The summed E-state index contributed by atoms with van der Waals surface area (Å²) < 4.78 is 5.63. The van der Waals surface area contributed by atoms with Crippen molar-refractivity contribution in [2.75, 3.05) is 39.9 Å². The molecular weight excluding hydrogens is 260 g/mol. The topological polar surface area (TPSA) is 24.5 Å². The van der Waals surface area contributed by atoms with E-state index in [-0.39, 0.29) is 0 Å². The molecule has 0 aromatic carbocycles. The van der Waals surface area contributed by atoms with E-state index in [0.717, 1.165) is 37.0 Å². The first kappa shape index (κ1) is 17.2. The predicted molar refractivity (Wildman–Crippen MR) is 89.6 cm³/mol. The molecule has 1 N–H and O–H groups in total. The van der Waals surface area contributed by atoms with Gasteiger partial charge in [0.25, 0.3) is 0 Å². The highest BCUT2D eigenvalue weighted by Crippen LogP contribution is 2.30. The monoisotopic (exact) mass is 296 g/mol. The molecule has 4 unspecified atom stereocenters. The van der Waals surface area contributed by atoms with E-state index in [2.05, 4.69) is 31.1 Å². The van der Waals surface area contributed by atoms with Gasteiger partial charge in [-0.15, -0.1) is 0 Å². The Morgan fingerprint density at radius 1 is 1.19 bits per heavy atom. The second-order valence-corrected chi connectivity index (χ2v) is 7.54. The Morgan fingerprint density at radius 2 is 2.05 bits per heavy atom. The molecule has 0 spiro atoms. The van der Waals surface area contributed by atoms with Gasteiger partial charge in [-0.3, -0.25) is 0 Å². The summed E-state index contributed by atoms with van der Waals surface area (Å²) in [4.78, 5) is 2.57. The van der Waals surface area contributed by atoms with Crippen molar-refractivity contribution in [3.05, 3.63) is 0 Å². The van der Waals surface area contributed by atoms with Crippen molar-refractivity contribution in [2.24, 2.45) is 17.8 Å². The van der Waals surface area contributed by atoms with Crippen molar-refractivity contribution in [3.8, 4) is 0 Å². The maximum Gasteiger partial charge on any atom is 0.0506 e. The third-order valence-electron chi connectivity index (χ3n) is 5.27. The lowest BCUT2D eigenvalue weighted by molar-refractivity contribution is 0.0373. The molecule has 1 heterocycles. The van der Waals surface area contributed by atoms with Gasteiger partial charge in [0.05, 0.1) is 6.61 Å². The number of hydrogen-bond donors (Lipinski definition) is 1. The maximum absolute atomic E-state index is 5.63. The molecule has 124 valence electrons. The van der Waals surface area contributed by atoms with Crippen LogP contribution in [0.15, 0.2) is 0 Å². The first-order valence-electron chi connectivity index (χ1n) is 9.18. The molecule has 2 fully saturated rings. The lowest BCUT2D eigenvalue weighted by Gasteiger charge is -2.38. The Hall–Kier alpha value is -0.120. The number of ether oxygens (including phenoxy) is 1. The largest absolute Gasteiger partial charge is 0.381 e. The normalized spacial score (nSPS) is 34.3. The summed E-state index contributed by atoms with van der Waals surface area (Å²) in [6.07, 6.45) is 8.01. The van der Waals surface area contributed by atoms with E-state index in [0.29, 0.717) is 0 Å². The molecule has 4 atom stereocenters. The van der Waals surface area contributed by atoms with E-state index in [1.54, 1.807) is 0 Å². The zero-order valence-corrected chi connectivity index (χ0v) is 14.4. The average molecular weight is 296 g/mol. The lowest BCUT2D eigenvalue weighted by Crippen LogP contribution is -2.46. The van der Waals surface area contributed by atoms with Gasteiger partial charge in [0.1, 0.15) is 0 Å². The van der Waals surface area contributed by atoms with Crippen molar-refractivity contribution < 1.29 is 4.74 Å². The number of nitrogens with zero attached hydrogens (tertiary/aromatic N) is 1. The fourth-order valence-electron chi connectivity index (χ4n) is 4.17. The smallest absolute Gasteiger partial charge is 0.0506 e. The Labute approximate surface area is 131 Å². The van der Waals surface area contributed by atoms with Crippen LogP contribution in [0.2, 0.25) is 0 Å². The van der Waals surface area contributed by atoms with Crippen LogP contribution < -0.4 is 5.32 Å². The average Bonchev–Trinajstić information content (AvgIpc) is 2.47. The quantitative estimate of drug-likeness (QED) is 0.781. The van der Waals surface area contributed by atoms with Gasteiger partial charge in [0.15, 0.2) is 0 Å². The zero-order valence-electron chi connectivity index (χ0n) is 14.4. The fourth-order valence-corrected chi connectivity index (χ4v) is 4.17. The molecule has 0 aromatic rings. The van der Waals surface area contributed by atoms with Crippen LogP contribution in [0.4, 0.5) is 0 Å². The summed E-state index contributed by atoms with van der Waals surface area (Å²) in [7, 11) is 2.31. The van der Waals surface area contributed by atoms with Crippen LogP contribution in [0, 0.1) is 17.8 Å². The van der Waals surface area contributed by atoms with Crippen molar-refractivity contribution >= 4 is 0 Å². The predicted octanol–water partition coefficient (Wildman–Crippen LogP) is 3.15. The van der Waals surface area contributed by atoms with Gasteiger partial charge < -0.3 is 15.0 Å². The van der Waals surface area contributed by atoms with E-state index in [1.165, 1.54) is 58.2 Å². The third kappa shape index (κ3) is 5.88. The minimum Gasteiger partial charge on any atom is -0.381 e. The summed E-state index contributed by atoms with van der Waals surface area (Å²) in [5, 5.41) is 3.80. The molecule has 3 nitrogen and oxygen atoms in total. The maximum atomic E-state index is 5.63. The van der Waals surface area contributed by atoms with E-state index in [4.69, 9.17) is 4.74 Å². The summed E-state index contributed by atoms with van der Waals surface area (Å²) in [6, 6.07) is 0.742. The molecule has 1 aliphatic heterocycles. The van der Waals surface area contributed by atoms with Crippen molar-refractivity contribution in [1.29, 1.82) is 0 Å². The van der Waals surface area contributed by atoms with Crippen LogP contribution in [-0.4, -0.2) is 50.8 Å². The molecule has 1 saturated carbocycles. The number of rotatable bonds is 7. The van der Waals surface area contributed by atoms with Gasteiger partial charge in [0.2, 0.25) is 0 Å². The first-order valence-corrected chi connectivity index (χ1v) is 9.18. The minimum atomic E-state index is 0.742. The molecule has 0 amide bonds. The van der Waals surface area contributed by atoms with E-state index < -0.39 is 0 Å². The Bertz CT molecular complexity index is 276. The summed E-state index contributed by atoms with van der Waals surface area (Å²) in [5.41, 5.74) is 0. The van der Waals surface area contributed by atoms with Gasteiger partial charge >= 0.3 is 0 Å². The van der Waals surface area contributed by atoms with Crippen LogP contribution >= 0.6 is 0 Å². The van der Waals surface area contributed by atoms with E-state index >= 15 is 0 Å². The Balaban J connectivity index is 1.78.